The summed E-state index contributed by atoms with van der Waals surface area (Å²) in [6.45, 7) is 0. The molecule has 0 fully saturated rings. The maximum Gasteiger partial charge on any atom is 0.0138 e. The number of hydrogen-bond acceptors (Lipinski definition) is 0. The molecule has 4 aliphatic rings. The van der Waals surface area contributed by atoms with Gasteiger partial charge in [0.15, 0.2) is 0 Å². The molecule has 0 N–H and O–H groups in total. The second-order valence-electron chi connectivity index (χ2n) is 13.9. The highest BCUT2D eigenvalue weighted by Crippen LogP contribution is 2.48. The third-order valence-corrected chi connectivity index (χ3v) is 11.2. The number of hydrogen-bond donors (Lipinski definition) is 0. The third-order valence-electron chi connectivity index (χ3n) is 11.2. The first kappa shape index (κ1) is 29.0. The first-order chi connectivity index (χ1) is 24.8. The minimum Gasteiger partial charge on any atom is -0.0767 e. The van der Waals surface area contributed by atoms with Crippen LogP contribution in [0.15, 0.2) is 194 Å². The molecule has 0 amide bonds. The molecule has 0 radical (unpaired) electrons. The van der Waals surface area contributed by atoms with Gasteiger partial charge >= 0.3 is 0 Å². The summed E-state index contributed by atoms with van der Waals surface area (Å²) in [5.74, 6) is 1.18. The average molecular weight is 637 g/mol. The molecule has 0 aromatic heterocycles. The van der Waals surface area contributed by atoms with Crippen molar-refractivity contribution in [3.8, 4) is 11.1 Å². The zero-order valence-electron chi connectivity index (χ0n) is 27.8. The molecule has 6 aromatic rings. The van der Waals surface area contributed by atoms with Gasteiger partial charge in [0.2, 0.25) is 0 Å². The van der Waals surface area contributed by atoms with Crippen LogP contribution in [0.1, 0.15) is 16.7 Å². The fraction of sp³-hybridized carbons (Fsp3) is 0.0800. The van der Waals surface area contributed by atoms with Crippen molar-refractivity contribution in [2.75, 3.05) is 0 Å². The van der Waals surface area contributed by atoms with Crippen LogP contribution in [0, 0.1) is 23.7 Å². The maximum absolute atomic E-state index is 2.48. The summed E-state index contributed by atoms with van der Waals surface area (Å²) in [5, 5.41) is 7.91. The Morgan fingerprint density at radius 2 is 0.860 bits per heavy atom. The predicted octanol–water partition coefficient (Wildman–Crippen LogP) is 10.7. The lowest BCUT2D eigenvalue weighted by atomic mass is 9.68. The molecular weight excluding hydrogens is 601 g/mol. The molecule has 236 valence electrons. The van der Waals surface area contributed by atoms with E-state index >= 15 is 0 Å². The Morgan fingerprint density at radius 3 is 1.54 bits per heavy atom. The number of benzene rings is 6. The molecule has 0 bridgehead atoms. The van der Waals surface area contributed by atoms with Crippen molar-refractivity contribution in [3.05, 3.63) is 221 Å². The van der Waals surface area contributed by atoms with Crippen molar-refractivity contribution in [1.29, 1.82) is 0 Å². The summed E-state index contributed by atoms with van der Waals surface area (Å²) in [5.41, 5.74) is 10.7. The fourth-order valence-corrected chi connectivity index (χ4v) is 9.06. The fourth-order valence-electron chi connectivity index (χ4n) is 9.06. The lowest BCUT2D eigenvalue weighted by Crippen LogP contribution is -2.40. The Kier molecular flexibility index (Phi) is 6.88. The van der Waals surface area contributed by atoms with Gasteiger partial charge in [0.25, 0.3) is 0 Å². The van der Waals surface area contributed by atoms with Gasteiger partial charge in [0, 0.05) is 23.7 Å². The summed E-state index contributed by atoms with van der Waals surface area (Å²) in [4.78, 5) is 0. The Labute approximate surface area is 293 Å². The molecule has 0 aliphatic heterocycles. The van der Waals surface area contributed by atoms with Crippen LogP contribution in [0.3, 0.4) is 0 Å². The minimum absolute atomic E-state index is 0.181. The van der Waals surface area contributed by atoms with Gasteiger partial charge in [-0.05, 0) is 76.5 Å². The highest BCUT2D eigenvalue weighted by Gasteiger charge is 2.34. The second kappa shape index (κ2) is 11.9. The minimum atomic E-state index is 0.181. The largest absolute Gasteiger partial charge is 0.0767 e. The molecule has 50 heavy (non-hydrogen) atoms. The van der Waals surface area contributed by atoms with Crippen LogP contribution in [-0.4, -0.2) is 0 Å². The van der Waals surface area contributed by atoms with Crippen LogP contribution in [0.25, 0.3) is 49.4 Å². The Morgan fingerprint density at radius 1 is 0.360 bits per heavy atom. The van der Waals surface area contributed by atoms with Crippen molar-refractivity contribution in [2.24, 2.45) is 23.7 Å². The Balaban J connectivity index is 1.32. The molecule has 4 aliphatic carbocycles. The molecule has 0 heteroatoms. The van der Waals surface area contributed by atoms with E-state index in [1.807, 2.05) is 0 Å². The van der Waals surface area contributed by atoms with Crippen LogP contribution in [-0.2, 0) is 0 Å². The molecule has 0 saturated heterocycles. The van der Waals surface area contributed by atoms with E-state index < -0.39 is 0 Å². The molecule has 0 heterocycles. The van der Waals surface area contributed by atoms with E-state index in [4.69, 9.17) is 0 Å². The topological polar surface area (TPSA) is 0 Å². The second-order valence-corrected chi connectivity index (χ2v) is 13.9. The summed E-state index contributed by atoms with van der Waals surface area (Å²) in [7, 11) is 0. The third kappa shape index (κ3) is 4.52. The van der Waals surface area contributed by atoms with Gasteiger partial charge in [-0.25, -0.2) is 0 Å². The molecular formula is C50H36. The first-order valence-electron chi connectivity index (χ1n) is 17.9. The van der Waals surface area contributed by atoms with Gasteiger partial charge < -0.3 is 0 Å². The van der Waals surface area contributed by atoms with Gasteiger partial charge in [0.1, 0.15) is 0 Å². The van der Waals surface area contributed by atoms with Crippen molar-refractivity contribution in [1.82, 2.24) is 0 Å². The molecule has 4 atom stereocenters. The smallest absolute Gasteiger partial charge is 0.0138 e. The van der Waals surface area contributed by atoms with Crippen molar-refractivity contribution >= 4 is 38.3 Å². The summed E-state index contributed by atoms with van der Waals surface area (Å²) in [6, 6.07) is 47.3. The highest BCUT2D eigenvalue weighted by molar-refractivity contribution is 6.17. The quantitative estimate of drug-likeness (QED) is 0.169. The highest BCUT2D eigenvalue weighted by atomic mass is 14.4. The molecule has 0 spiro atoms. The lowest BCUT2D eigenvalue weighted by Gasteiger charge is -2.35. The van der Waals surface area contributed by atoms with Gasteiger partial charge in [0.05, 0.1) is 0 Å². The van der Waals surface area contributed by atoms with E-state index in [0.29, 0.717) is 11.8 Å². The van der Waals surface area contributed by atoms with E-state index in [-0.39, 0.29) is 11.8 Å². The van der Waals surface area contributed by atoms with Gasteiger partial charge in [-0.3, -0.25) is 0 Å². The van der Waals surface area contributed by atoms with E-state index in [1.165, 1.54) is 76.5 Å². The summed E-state index contributed by atoms with van der Waals surface area (Å²) >= 11 is 0. The van der Waals surface area contributed by atoms with E-state index in [9.17, 15) is 0 Å². The lowest BCUT2D eigenvalue weighted by molar-refractivity contribution is 0.663. The van der Waals surface area contributed by atoms with Gasteiger partial charge in [-0.15, -0.1) is 0 Å². The molecule has 4 unspecified atom stereocenters. The standard InChI is InChI=1S/C50H36/c1-2-17-34(18-3-1)37-20-6-7-21-38(37)48-41-24-10-14-28-45(41)50(46-29-15-11-25-42(46)48)49-43-26-12-8-22-39(43)47(40-23-9-13-27-44(40)49)36-31-30-33-16-4-5-19-35(33)32-36/h1-33,35,41,45H. The van der Waals surface area contributed by atoms with Crippen molar-refractivity contribution < 1.29 is 0 Å². The zero-order chi connectivity index (χ0) is 33.0. The number of fused-ring (bicyclic) bond motifs is 5. The van der Waals surface area contributed by atoms with Crippen molar-refractivity contribution in [2.45, 2.75) is 0 Å². The monoisotopic (exact) mass is 636 g/mol. The first-order valence-corrected chi connectivity index (χ1v) is 17.9. The average Bonchev–Trinajstić information content (AvgIpc) is 3.19. The summed E-state index contributed by atoms with van der Waals surface area (Å²) in [6.07, 6.45) is 25.7. The normalized spacial score (nSPS) is 21.6. The molecule has 0 nitrogen and oxygen atoms in total. The van der Waals surface area contributed by atoms with E-state index in [0.717, 1.165) is 0 Å². The SMILES string of the molecule is C1=CC2C=CC(c3c4ccccc4c(C4=c5ccccc5=C(c5ccccc5-c5ccccc5)C5C=CC=CC45)c4ccccc34)=CC2C=C1. The molecule has 6 aromatic carbocycles. The van der Waals surface area contributed by atoms with Crippen LogP contribution >= 0.6 is 0 Å². The number of rotatable bonds is 4. The Bertz CT molecular complexity index is 2600. The van der Waals surface area contributed by atoms with Crippen LogP contribution in [0.2, 0.25) is 0 Å². The van der Waals surface area contributed by atoms with Crippen molar-refractivity contribution in [3.63, 3.8) is 0 Å². The van der Waals surface area contributed by atoms with Crippen LogP contribution < -0.4 is 10.4 Å². The summed E-state index contributed by atoms with van der Waals surface area (Å²) < 4.78 is 0. The Hall–Kier alpha value is -5.98. The van der Waals surface area contributed by atoms with Gasteiger partial charge in [-0.2, -0.15) is 0 Å². The zero-order valence-corrected chi connectivity index (χ0v) is 27.8. The van der Waals surface area contributed by atoms with Crippen LogP contribution in [0.4, 0.5) is 0 Å². The number of allylic oxidation sites excluding steroid dienone is 12. The van der Waals surface area contributed by atoms with E-state index in [2.05, 4.69) is 194 Å². The maximum atomic E-state index is 2.48. The molecule has 0 saturated carbocycles. The molecule has 10 rings (SSSR count). The van der Waals surface area contributed by atoms with E-state index in [1.54, 1.807) is 0 Å². The van der Waals surface area contributed by atoms with Gasteiger partial charge in [-0.1, -0.05) is 194 Å². The predicted molar refractivity (Wildman–Crippen MR) is 212 cm³/mol. The van der Waals surface area contributed by atoms with Crippen LogP contribution in [0.5, 0.6) is 0 Å².